The quantitative estimate of drug-likeness (QED) is 0.644. The average Bonchev–Trinajstić information content (AvgIpc) is 2.37. The molecule has 0 aliphatic rings. The Labute approximate surface area is 126 Å². The highest BCUT2D eigenvalue weighted by Gasteiger charge is 2.31. The molecule has 0 heterocycles. The second-order valence-corrected chi connectivity index (χ2v) is 7.28. The van der Waals surface area contributed by atoms with Crippen LogP contribution in [-0.4, -0.2) is 23.9 Å². The SMILES string of the molecule is COC(=O)C(C)(N)CC(C)Sc1ccc(C(C)C)cc1. The molecular formula is C16H25NO2S. The third-order valence-corrected chi connectivity index (χ3v) is 4.36. The Balaban J connectivity index is 2.62. The summed E-state index contributed by atoms with van der Waals surface area (Å²) in [5.41, 5.74) is 6.40. The van der Waals surface area contributed by atoms with Crippen LogP contribution < -0.4 is 5.73 Å². The van der Waals surface area contributed by atoms with Gasteiger partial charge in [0.2, 0.25) is 0 Å². The number of nitrogens with two attached hydrogens (primary N) is 1. The second-order valence-electron chi connectivity index (χ2n) is 5.77. The summed E-state index contributed by atoms with van der Waals surface area (Å²) in [5, 5.41) is 0.244. The molecule has 0 saturated carbocycles. The van der Waals surface area contributed by atoms with E-state index in [0.717, 1.165) is 0 Å². The number of carbonyl (C=O) groups excluding carboxylic acids is 1. The number of carbonyl (C=O) groups is 1. The summed E-state index contributed by atoms with van der Waals surface area (Å²) in [6.07, 6.45) is 0.580. The molecule has 0 saturated heterocycles. The van der Waals surface area contributed by atoms with E-state index in [-0.39, 0.29) is 11.2 Å². The predicted octanol–water partition coefficient (Wildman–Crippen LogP) is 3.57. The van der Waals surface area contributed by atoms with Gasteiger partial charge in [-0.25, -0.2) is 0 Å². The molecule has 0 radical (unpaired) electrons. The van der Waals surface area contributed by atoms with E-state index >= 15 is 0 Å². The number of thioether (sulfide) groups is 1. The van der Waals surface area contributed by atoms with Gasteiger partial charge >= 0.3 is 5.97 Å². The Morgan fingerprint density at radius 3 is 2.30 bits per heavy atom. The van der Waals surface area contributed by atoms with E-state index < -0.39 is 5.54 Å². The Bertz CT molecular complexity index is 440. The highest BCUT2D eigenvalue weighted by molar-refractivity contribution is 7.99. The first-order valence-electron chi connectivity index (χ1n) is 6.90. The van der Waals surface area contributed by atoms with Crippen molar-refractivity contribution in [1.29, 1.82) is 0 Å². The fourth-order valence-electron chi connectivity index (χ4n) is 2.12. The van der Waals surface area contributed by atoms with Crippen LogP contribution in [0.25, 0.3) is 0 Å². The van der Waals surface area contributed by atoms with Crippen LogP contribution in [0, 0.1) is 0 Å². The molecular weight excluding hydrogens is 270 g/mol. The Hall–Kier alpha value is -1.00. The molecule has 1 rings (SSSR count). The minimum absolute atomic E-state index is 0.244. The standard InChI is InChI=1S/C16H25NO2S/c1-11(2)13-6-8-14(9-7-13)20-12(3)10-16(4,17)15(18)19-5/h6-9,11-12H,10,17H2,1-5H3. The van der Waals surface area contributed by atoms with Gasteiger partial charge in [-0.05, 0) is 37.0 Å². The van der Waals surface area contributed by atoms with Gasteiger partial charge < -0.3 is 10.5 Å². The molecule has 1 aromatic rings. The van der Waals surface area contributed by atoms with E-state index in [0.29, 0.717) is 12.3 Å². The smallest absolute Gasteiger partial charge is 0.325 e. The molecule has 1 aromatic carbocycles. The first-order valence-corrected chi connectivity index (χ1v) is 7.78. The number of hydrogen-bond acceptors (Lipinski definition) is 4. The van der Waals surface area contributed by atoms with Gasteiger partial charge in [-0.1, -0.05) is 32.9 Å². The van der Waals surface area contributed by atoms with Crippen LogP contribution in [0.5, 0.6) is 0 Å². The van der Waals surface area contributed by atoms with Gasteiger partial charge in [0.25, 0.3) is 0 Å². The summed E-state index contributed by atoms with van der Waals surface area (Å²) in [6.45, 7) is 8.16. The molecule has 2 atom stereocenters. The van der Waals surface area contributed by atoms with Crippen molar-refractivity contribution in [1.82, 2.24) is 0 Å². The number of hydrogen-bond donors (Lipinski definition) is 1. The molecule has 0 aliphatic carbocycles. The average molecular weight is 295 g/mol. The third kappa shape index (κ3) is 4.84. The van der Waals surface area contributed by atoms with Crippen LogP contribution in [0.1, 0.15) is 45.6 Å². The van der Waals surface area contributed by atoms with Gasteiger partial charge in [0.05, 0.1) is 7.11 Å². The molecule has 0 aliphatic heterocycles. The number of methoxy groups -OCH3 is 1. The van der Waals surface area contributed by atoms with Crippen molar-refractivity contribution in [3.8, 4) is 0 Å². The maximum atomic E-state index is 11.6. The van der Waals surface area contributed by atoms with Gasteiger partial charge in [-0.15, -0.1) is 11.8 Å². The second kappa shape index (κ2) is 7.14. The van der Waals surface area contributed by atoms with E-state index in [2.05, 4.69) is 45.0 Å². The molecule has 3 nitrogen and oxygen atoms in total. The maximum absolute atomic E-state index is 11.6. The number of benzene rings is 1. The van der Waals surface area contributed by atoms with E-state index in [4.69, 9.17) is 10.5 Å². The molecule has 0 bridgehead atoms. The normalized spacial score (nSPS) is 15.8. The van der Waals surface area contributed by atoms with Crippen LogP contribution >= 0.6 is 11.8 Å². The van der Waals surface area contributed by atoms with E-state index in [1.54, 1.807) is 18.7 Å². The van der Waals surface area contributed by atoms with E-state index in [1.165, 1.54) is 17.6 Å². The minimum atomic E-state index is -0.932. The van der Waals surface area contributed by atoms with Crippen molar-refractivity contribution in [2.75, 3.05) is 7.11 Å². The summed E-state index contributed by atoms with van der Waals surface area (Å²) in [5.74, 6) is 0.179. The molecule has 2 unspecified atom stereocenters. The summed E-state index contributed by atoms with van der Waals surface area (Å²) in [6, 6.07) is 8.56. The molecule has 0 fully saturated rings. The summed E-state index contributed by atoms with van der Waals surface area (Å²) < 4.78 is 4.73. The largest absolute Gasteiger partial charge is 0.468 e. The van der Waals surface area contributed by atoms with Crippen LogP contribution in [-0.2, 0) is 9.53 Å². The van der Waals surface area contributed by atoms with Crippen molar-refractivity contribution in [2.45, 2.75) is 55.7 Å². The zero-order valence-corrected chi connectivity index (χ0v) is 13.8. The zero-order valence-electron chi connectivity index (χ0n) is 13.0. The number of rotatable bonds is 6. The third-order valence-electron chi connectivity index (χ3n) is 3.25. The van der Waals surface area contributed by atoms with Crippen molar-refractivity contribution < 1.29 is 9.53 Å². The van der Waals surface area contributed by atoms with E-state index in [1.807, 2.05) is 0 Å². The predicted molar refractivity (Wildman–Crippen MR) is 85.1 cm³/mol. The molecule has 4 heteroatoms. The van der Waals surface area contributed by atoms with Crippen molar-refractivity contribution in [3.63, 3.8) is 0 Å². The monoisotopic (exact) mass is 295 g/mol. The summed E-state index contributed by atoms with van der Waals surface area (Å²) >= 11 is 1.73. The molecule has 0 amide bonds. The van der Waals surface area contributed by atoms with Crippen LogP contribution in [0.15, 0.2) is 29.2 Å². The Kier molecular flexibility index (Phi) is 6.08. The molecule has 20 heavy (non-hydrogen) atoms. The first-order chi connectivity index (χ1) is 9.26. The Morgan fingerprint density at radius 1 is 1.30 bits per heavy atom. The zero-order chi connectivity index (χ0) is 15.3. The van der Waals surface area contributed by atoms with Crippen LogP contribution in [0.2, 0.25) is 0 Å². The number of esters is 1. The van der Waals surface area contributed by atoms with Gasteiger partial charge in [-0.2, -0.15) is 0 Å². The van der Waals surface area contributed by atoms with Crippen molar-refractivity contribution in [3.05, 3.63) is 29.8 Å². The lowest BCUT2D eigenvalue weighted by molar-refractivity contribution is -0.146. The highest BCUT2D eigenvalue weighted by atomic mass is 32.2. The van der Waals surface area contributed by atoms with E-state index in [9.17, 15) is 4.79 Å². The maximum Gasteiger partial charge on any atom is 0.325 e. The first kappa shape index (κ1) is 17.1. The van der Waals surface area contributed by atoms with Gasteiger partial charge in [0.15, 0.2) is 0 Å². The van der Waals surface area contributed by atoms with Crippen LogP contribution in [0.4, 0.5) is 0 Å². The highest BCUT2D eigenvalue weighted by Crippen LogP contribution is 2.29. The number of ether oxygens (including phenoxy) is 1. The Morgan fingerprint density at radius 2 is 1.85 bits per heavy atom. The summed E-state index contributed by atoms with van der Waals surface area (Å²) in [7, 11) is 1.37. The lowest BCUT2D eigenvalue weighted by atomic mass is 9.98. The topological polar surface area (TPSA) is 52.3 Å². The minimum Gasteiger partial charge on any atom is -0.468 e. The molecule has 112 valence electrons. The fraction of sp³-hybridized carbons (Fsp3) is 0.562. The van der Waals surface area contributed by atoms with Gasteiger partial charge in [0.1, 0.15) is 5.54 Å². The molecule has 0 spiro atoms. The van der Waals surface area contributed by atoms with Gasteiger partial charge in [-0.3, -0.25) is 4.79 Å². The summed E-state index contributed by atoms with van der Waals surface area (Å²) in [4.78, 5) is 12.8. The van der Waals surface area contributed by atoms with Crippen molar-refractivity contribution in [2.24, 2.45) is 5.73 Å². The van der Waals surface area contributed by atoms with Crippen LogP contribution in [0.3, 0.4) is 0 Å². The fourth-order valence-corrected chi connectivity index (χ4v) is 3.31. The molecule has 2 N–H and O–H groups in total. The van der Waals surface area contributed by atoms with Crippen molar-refractivity contribution >= 4 is 17.7 Å². The molecule has 0 aromatic heterocycles. The van der Waals surface area contributed by atoms with Gasteiger partial charge in [0, 0.05) is 10.1 Å². The lowest BCUT2D eigenvalue weighted by Gasteiger charge is -2.24. The lowest BCUT2D eigenvalue weighted by Crippen LogP contribution is -2.47.